The number of nitrogens with zero attached hydrogens (tertiary/aromatic N) is 1. The molecule has 0 aliphatic rings. The highest BCUT2D eigenvalue weighted by atomic mass is 35.5. The standard InChI is InChI=1S/C12H7ClF2N2O/c13-8-2-1-5-16-11(8)12(18)17-10-4-3-7(14)6-9(10)15/h1-6H,(H,17,18). The number of rotatable bonds is 2. The Balaban J connectivity index is 2.24. The fraction of sp³-hybridized carbons (Fsp3) is 0. The first-order chi connectivity index (χ1) is 8.58. The summed E-state index contributed by atoms with van der Waals surface area (Å²) in [4.78, 5) is 15.5. The largest absolute Gasteiger partial charge is 0.318 e. The third kappa shape index (κ3) is 2.62. The first-order valence-corrected chi connectivity index (χ1v) is 5.32. The number of hydrogen-bond donors (Lipinski definition) is 1. The van der Waals surface area contributed by atoms with Crippen molar-refractivity contribution in [3.63, 3.8) is 0 Å². The van der Waals surface area contributed by atoms with Crippen LogP contribution < -0.4 is 5.32 Å². The summed E-state index contributed by atoms with van der Waals surface area (Å²) in [7, 11) is 0. The Kier molecular flexibility index (Phi) is 3.53. The van der Waals surface area contributed by atoms with Gasteiger partial charge >= 0.3 is 0 Å². The van der Waals surface area contributed by atoms with Gasteiger partial charge in [0.25, 0.3) is 5.91 Å². The van der Waals surface area contributed by atoms with Crippen LogP contribution in [0.2, 0.25) is 5.02 Å². The summed E-state index contributed by atoms with van der Waals surface area (Å²) in [5.41, 5.74) is -0.161. The molecule has 6 heteroatoms. The summed E-state index contributed by atoms with van der Waals surface area (Å²) in [5.74, 6) is -2.25. The average molecular weight is 269 g/mol. The molecule has 1 amide bonds. The molecule has 2 rings (SSSR count). The lowest BCUT2D eigenvalue weighted by Gasteiger charge is -2.06. The van der Waals surface area contributed by atoms with Crippen molar-refractivity contribution in [3.8, 4) is 0 Å². The normalized spacial score (nSPS) is 10.2. The highest BCUT2D eigenvalue weighted by Crippen LogP contribution is 2.18. The fourth-order valence-corrected chi connectivity index (χ4v) is 1.53. The fourth-order valence-electron chi connectivity index (χ4n) is 1.33. The third-order valence-corrected chi connectivity index (χ3v) is 2.46. The first kappa shape index (κ1) is 12.4. The van der Waals surface area contributed by atoms with E-state index in [4.69, 9.17) is 11.6 Å². The van der Waals surface area contributed by atoms with Crippen molar-refractivity contribution in [2.45, 2.75) is 0 Å². The minimum absolute atomic E-state index is 0.0251. The number of carbonyl (C=O) groups is 1. The maximum Gasteiger partial charge on any atom is 0.275 e. The molecule has 0 saturated heterocycles. The minimum Gasteiger partial charge on any atom is -0.318 e. The summed E-state index contributed by atoms with van der Waals surface area (Å²) in [5, 5.41) is 2.42. The van der Waals surface area contributed by atoms with Crippen LogP contribution in [-0.4, -0.2) is 10.9 Å². The number of amides is 1. The van der Waals surface area contributed by atoms with Crippen molar-refractivity contribution >= 4 is 23.2 Å². The number of benzene rings is 1. The van der Waals surface area contributed by atoms with Crippen molar-refractivity contribution in [1.82, 2.24) is 4.98 Å². The number of anilines is 1. The summed E-state index contributed by atoms with van der Waals surface area (Å²) in [6, 6.07) is 5.90. The number of aromatic nitrogens is 1. The third-order valence-electron chi connectivity index (χ3n) is 2.15. The van der Waals surface area contributed by atoms with E-state index in [9.17, 15) is 13.6 Å². The van der Waals surface area contributed by atoms with Gasteiger partial charge in [0, 0.05) is 12.3 Å². The van der Waals surface area contributed by atoms with Gasteiger partial charge in [-0.25, -0.2) is 13.8 Å². The molecule has 0 atom stereocenters. The molecule has 1 heterocycles. The van der Waals surface area contributed by atoms with Crippen molar-refractivity contribution < 1.29 is 13.6 Å². The highest BCUT2D eigenvalue weighted by Gasteiger charge is 2.13. The van der Waals surface area contributed by atoms with Gasteiger partial charge in [0.15, 0.2) is 0 Å². The van der Waals surface area contributed by atoms with E-state index in [-0.39, 0.29) is 16.4 Å². The molecule has 0 bridgehead atoms. The quantitative estimate of drug-likeness (QED) is 0.908. The molecular weight excluding hydrogens is 262 g/mol. The zero-order valence-corrected chi connectivity index (χ0v) is 9.71. The molecule has 3 nitrogen and oxygen atoms in total. The van der Waals surface area contributed by atoms with Gasteiger partial charge in [0.2, 0.25) is 0 Å². The highest BCUT2D eigenvalue weighted by molar-refractivity contribution is 6.34. The van der Waals surface area contributed by atoms with Crippen LogP contribution >= 0.6 is 11.6 Å². The lowest BCUT2D eigenvalue weighted by atomic mass is 10.2. The lowest BCUT2D eigenvalue weighted by molar-refractivity contribution is 0.102. The summed E-state index contributed by atoms with van der Waals surface area (Å²) >= 11 is 5.77. The maximum absolute atomic E-state index is 13.3. The van der Waals surface area contributed by atoms with Gasteiger partial charge in [-0.15, -0.1) is 0 Å². The summed E-state index contributed by atoms with van der Waals surface area (Å²) in [6.45, 7) is 0. The maximum atomic E-state index is 13.3. The van der Waals surface area contributed by atoms with Crippen LogP contribution in [0.3, 0.4) is 0 Å². The number of hydrogen-bond acceptors (Lipinski definition) is 2. The van der Waals surface area contributed by atoms with Crippen LogP contribution in [0, 0.1) is 11.6 Å². The molecule has 0 fully saturated rings. The van der Waals surface area contributed by atoms with Crippen molar-refractivity contribution in [2.75, 3.05) is 5.32 Å². The Morgan fingerprint density at radius 3 is 2.72 bits per heavy atom. The Morgan fingerprint density at radius 1 is 1.28 bits per heavy atom. The number of pyridine rings is 1. The van der Waals surface area contributed by atoms with E-state index in [1.54, 1.807) is 6.07 Å². The van der Waals surface area contributed by atoms with E-state index >= 15 is 0 Å². The van der Waals surface area contributed by atoms with Gasteiger partial charge in [-0.05, 0) is 24.3 Å². The van der Waals surface area contributed by atoms with Gasteiger partial charge in [-0.3, -0.25) is 4.79 Å². The molecular formula is C12H7ClF2N2O. The van der Waals surface area contributed by atoms with E-state index in [1.165, 1.54) is 12.3 Å². The van der Waals surface area contributed by atoms with E-state index in [0.29, 0.717) is 6.07 Å². The molecule has 1 aromatic heterocycles. The number of carbonyl (C=O) groups excluding carboxylic acids is 1. The van der Waals surface area contributed by atoms with E-state index < -0.39 is 17.5 Å². The number of halogens is 3. The second kappa shape index (κ2) is 5.10. The van der Waals surface area contributed by atoms with Gasteiger partial charge in [-0.1, -0.05) is 11.6 Å². The average Bonchev–Trinajstić information content (AvgIpc) is 2.33. The Bertz CT molecular complexity index is 604. The molecule has 2 aromatic rings. The predicted molar refractivity (Wildman–Crippen MR) is 63.6 cm³/mol. The van der Waals surface area contributed by atoms with Crippen molar-refractivity contribution in [1.29, 1.82) is 0 Å². The Labute approximate surface area is 106 Å². The molecule has 0 saturated carbocycles. The van der Waals surface area contributed by atoms with E-state index in [2.05, 4.69) is 10.3 Å². The van der Waals surface area contributed by atoms with Crippen LogP contribution in [0.1, 0.15) is 10.5 Å². The molecule has 1 N–H and O–H groups in total. The van der Waals surface area contributed by atoms with Gasteiger partial charge in [0.05, 0.1) is 10.7 Å². The van der Waals surface area contributed by atoms with Gasteiger partial charge < -0.3 is 5.32 Å². The lowest BCUT2D eigenvalue weighted by Crippen LogP contribution is -2.15. The molecule has 92 valence electrons. The van der Waals surface area contributed by atoms with Crippen LogP contribution in [0.25, 0.3) is 0 Å². The Morgan fingerprint density at radius 2 is 2.06 bits per heavy atom. The SMILES string of the molecule is O=C(Nc1ccc(F)cc1F)c1ncccc1Cl. The van der Waals surface area contributed by atoms with Crippen LogP contribution in [-0.2, 0) is 0 Å². The van der Waals surface area contributed by atoms with Crippen LogP contribution in [0.15, 0.2) is 36.5 Å². The zero-order valence-electron chi connectivity index (χ0n) is 8.95. The smallest absolute Gasteiger partial charge is 0.275 e. The second-order valence-electron chi connectivity index (χ2n) is 3.41. The van der Waals surface area contributed by atoms with Gasteiger partial charge in [0.1, 0.15) is 17.3 Å². The molecule has 0 aliphatic carbocycles. The predicted octanol–water partition coefficient (Wildman–Crippen LogP) is 3.27. The monoisotopic (exact) mass is 268 g/mol. The topological polar surface area (TPSA) is 42.0 Å². The van der Waals surface area contributed by atoms with E-state index in [1.807, 2.05) is 0 Å². The molecule has 0 spiro atoms. The zero-order chi connectivity index (χ0) is 13.1. The first-order valence-electron chi connectivity index (χ1n) is 4.95. The minimum atomic E-state index is -0.865. The van der Waals surface area contributed by atoms with Crippen molar-refractivity contribution in [2.24, 2.45) is 0 Å². The van der Waals surface area contributed by atoms with Crippen LogP contribution in [0.4, 0.5) is 14.5 Å². The molecule has 18 heavy (non-hydrogen) atoms. The Hall–Kier alpha value is -2.01. The molecule has 0 aliphatic heterocycles. The van der Waals surface area contributed by atoms with E-state index in [0.717, 1.165) is 12.1 Å². The number of nitrogens with one attached hydrogen (secondary N) is 1. The summed E-state index contributed by atoms with van der Waals surface area (Å²) in [6.07, 6.45) is 1.39. The van der Waals surface area contributed by atoms with Gasteiger partial charge in [-0.2, -0.15) is 0 Å². The molecule has 0 radical (unpaired) electrons. The van der Waals surface area contributed by atoms with Crippen molar-refractivity contribution in [3.05, 3.63) is 58.9 Å². The summed E-state index contributed by atoms with van der Waals surface area (Å²) < 4.78 is 26.0. The molecule has 0 unspecified atom stereocenters. The second-order valence-corrected chi connectivity index (χ2v) is 3.82. The molecule has 1 aromatic carbocycles. The van der Waals surface area contributed by atoms with Crippen LogP contribution in [0.5, 0.6) is 0 Å².